The Labute approximate surface area is 124 Å². The fourth-order valence-electron chi connectivity index (χ4n) is 1.91. The predicted molar refractivity (Wildman–Crippen MR) is 74.0 cm³/mol. The Balaban J connectivity index is 1.60. The second-order valence-corrected chi connectivity index (χ2v) is 5.52. The fraction of sp³-hybridized carbons (Fsp3) is 0.308. The molecule has 2 heterocycles. The van der Waals surface area contributed by atoms with Gasteiger partial charge in [0, 0.05) is 11.4 Å². The minimum atomic E-state index is -0.261. The number of benzene rings is 1. The third-order valence-electron chi connectivity index (χ3n) is 2.99. The molecule has 0 radical (unpaired) electrons. The number of hydrogen-bond donors (Lipinski definition) is 2. The molecular weight excluding hydrogens is 295 g/mol. The van der Waals surface area contributed by atoms with E-state index < -0.39 is 0 Å². The van der Waals surface area contributed by atoms with Gasteiger partial charge in [-0.05, 0) is 12.1 Å². The SMILES string of the molecule is O=C1CNC(c2nc(CSc3ccccc3F)no2)CN1. The van der Waals surface area contributed by atoms with Gasteiger partial charge < -0.3 is 9.84 Å². The summed E-state index contributed by atoms with van der Waals surface area (Å²) in [7, 11) is 0. The predicted octanol–water partition coefficient (Wildman–Crippen LogP) is 1.26. The first-order valence-electron chi connectivity index (χ1n) is 6.42. The van der Waals surface area contributed by atoms with Crippen LogP contribution in [0, 0.1) is 5.82 Å². The van der Waals surface area contributed by atoms with Crippen LogP contribution in [-0.4, -0.2) is 29.1 Å². The largest absolute Gasteiger partial charge is 0.353 e. The van der Waals surface area contributed by atoms with Crippen molar-refractivity contribution in [3.05, 3.63) is 41.8 Å². The first kappa shape index (κ1) is 14.0. The molecule has 0 saturated carbocycles. The molecule has 21 heavy (non-hydrogen) atoms. The van der Waals surface area contributed by atoms with E-state index in [9.17, 15) is 9.18 Å². The van der Waals surface area contributed by atoms with Gasteiger partial charge >= 0.3 is 0 Å². The Hall–Kier alpha value is -1.93. The van der Waals surface area contributed by atoms with Crippen LogP contribution >= 0.6 is 11.8 Å². The van der Waals surface area contributed by atoms with Crippen molar-refractivity contribution in [1.82, 2.24) is 20.8 Å². The summed E-state index contributed by atoms with van der Waals surface area (Å²) in [5.74, 6) is 1.03. The van der Waals surface area contributed by atoms with Crippen molar-refractivity contribution in [2.45, 2.75) is 16.7 Å². The van der Waals surface area contributed by atoms with E-state index in [0.29, 0.717) is 28.9 Å². The Morgan fingerprint density at radius 1 is 1.43 bits per heavy atom. The van der Waals surface area contributed by atoms with Crippen LogP contribution in [0.1, 0.15) is 17.8 Å². The molecule has 3 rings (SSSR count). The summed E-state index contributed by atoms with van der Waals surface area (Å²) in [6.45, 7) is 0.646. The van der Waals surface area contributed by atoms with Crippen molar-refractivity contribution in [3.63, 3.8) is 0 Å². The minimum absolute atomic E-state index is 0.0545. The Morgan fingerprint density at radius 2 is 2.29 bits per heavy atom. The summed E-state index contributed by atoms with van der Waals surface area (Å²) in [5, 5.41) is 9.60. The van der Waals surface area contributed by atoms with E-state index >= 15 is 0 Å². The Kier molecular flexibility index (Phi) is 4.16. The van der Waals surface area contributed by atoms with Gasteiger partial charge in [-0.15, -0.1) is 11.8 Å². The van der Waals surface area contributed by atoms with E-state index in [2.05, 4.69) is 20.8 Å². The normalized spacial score (nSPS) is 18.5. The smallest absolute Gasteiger partial charge is 0.245 e. The standard InChI is InChI=1S/C13H13FN4O2S/c14-8-3-1-2-4-10(8)21-7-11-17-13(20-18-11)9-5-16-12(19)6-15-9/h1-4,9,15H,5-7H2,(H,16,19). The van der Waals surface area contributed by atoms with E-state index in [1.54, 1.807) is 18.2 Å². The number of halogens is 1. The van der Waals surface area contributed by atoms with Gasteiger partial charge in [-0.25, -0.2) is 4.39 Å². The van der Waals surface area contributed by atoms with Crippen molar-refractivity contribution in [1.29, 1.82) is 0 Å². The number of carbonyl (C=O) groups is 1. The van der Waals surface area contributed by atoms with E-state index in [1.807, 2.05) is 0 Å². The lowest BCUT2D eigenvalue weighted by Gasteiger charge is -2.20. The number of aromatic nitrogens is 2. The topological polar surface area (TPSA) is 80.1 Å². The molecule has 8 heteroatoms. The average Bonchev–Trinajstić information content (AvgIpc) is 2.96. The van der Waals surface area contributed by atoms with Gasteiger partial charge in [-0.3, -0.25) is 10.1 Å². The van der Waals surface area contributed by atoms with Crippen LogP contribution in [-0.2, 0) is 10.5 Å². The first-order chi connectivity index (χ1) is 10.2. The Morgan fingerprint density at radius 3 is 3.05 bits per heavy atom. The van der Waals surface area contributed by atoms with Gasteiger partial charge in [0.2, 0.25) is 11.8 Å². The molecule has 1 aliphatic rings. The summed E-state index contributed by atoms with van der Waals surface area (Å²) < 4.78 is 18.7. The maximum Gasteiger partial charge on any atom is 0.245 e. The summed E-state index contributed by atoms with van der Waals surface area (Å²) in [4.78, 5) is 15.9. The molecule has 1 aromatic carbocycles. The second-order valence-electron chi connectivity index (χ2n) is 4.51. The molecule has 1 unspecified atom stereocenters. The Bertz CT molecular complexity index is 639. The molecule has 1 aliphatic heterocycles. The fourth-order valence-corrected chi connectivity index (χ4v) is 2.70. The van der Waals surface area contributed by atoms with Gasteiger partial charge in [0.05, 0.1) is 12.3 Å². The minimum Gasteiger partial charge on any atom is -0.353 e. The number of rotatable bonds is 4. The van der Waals surface area contributed by atoms with Gasteiger partial charge in [-0.1, -0.05) is 17.3 Å². The maximum absolute atomic E-state index is 13.5. The lowest BCUT2D eigenvalue weighted by atomic mass is 10.2. The van der Waals surface area contributed by atoms with E-state index in [0.717, 1.165) is 0 Å². The number of nitrogens with one attached hydrogen (secondary N) is 2. The van der Waals surface area contributed by atoms with Crippen LogP contribution in [0.15, 0.2) is 33.7 Å². The number of hydrogen-bond acceptors (Lipinski definition) is 6. The zero-order valence-corrected chi connectivity index (χ0v) is 11.8. The molecular formula is C13H13FN4O2S. The molecule has 0 spiro atoms. The molecule has 1 saturated heterocycles. The molecule has 1 atom stereocenters. The number of amides is 1. The van der Waals surface area contributed by atoms with Crippen LogP contribution < -0.4 is 10.6 Å². The molecule has 2 N–H and O–H groups in total. The van der Waals surface area contributed by atoms with E-state index in [-0.39, 0.29) is 24.3 Å². The second kappa shape index (κ2) is 6.23. The zero-order valence-electron chi connectivity index (χ0n) is 11.0. The van der Waals surface area contributed by atoms with Crippen molar-refractivity contribution in [2.75, 3.05) is 13.1 Å². The highest BCUT2D eigenvalue weighted by molar-refractivity contribution is 7.98. The average molecular weight is 308 g/mol. The molecule has 0 aliphatic carbocycles. The van der Waals surface area contributed by atoms with Crippen LogP contribution in [0.3, 0.4) is 0 Å². The zero-order chi connectivity index (χ0) is 14.7. The highest BCUT2D eigenvalue weighted by Gasteiger charge is 2.23. The highest BCUT2D eigenvalue weighted by Crippen LogP contribution is 2.24. The van der Waals surface area contributed by atoms with Crippen molar-refractivity contribution in [2.24, 2.45) is 0 Å². The third-order valence-corrected chi connectivity index (χ3v) is 4.03. The highest BCUT2D eigenvalue weighted by atomic mass is 32.2. The lowest BCUT2D eigenvalue weighted by molar-refractivity contribution is -0.121. The van der Waals surface area contributed by atoms with E-state index in [4.69, 9.17) is 4.52 Å². The monoisotopic (exact) mass is 308 g/mol. The van der Waals surface area contributed by atoms with Crippen LogP contribution in [0.4, 0.5) is 4.39 Å². The molecule has 110 valence electrons. The summed E-state index contributed by atoms with van der Waals surface area (Å²) in [5.41, 5.74) is 0. The summed E-state index contributed by atoms with van der Waals surface area (Å²) in [6.07, 6.45) is 0. The van der Waals surface area contributed by atoms with Gasteiger partial charge in [0.25, 0.3) is 0 Å². The number of thioether (sulfide) groups is 1. The molecule has 2 aromatic rings. The molecule has 1 amide bonds. The van der Waals surface area contributed by atoms with Crippen molar-refractivity contribution in [3.8, 4) is 0 Å². The third kappa shape index (κ3) is 3.40. The molecule has 6 nitrogen and oxygen atoms in total. The molecule has 1 aromatic heterocycles. The molecule has 0 bridgehead atoms. The van der Waals surface area contributed by atoms with Crippen LogP contribution in [0.25, 0.3) is 0 Å². The van der Waals surface area contributed by atoms with Gasteiger partial charge in [0.15, 0.2) is 5.82 Å². The van der Waals surface area contributed by atoms with Crippen molar-refractivity contribution < 1.29 is 13.7 Å². The quantitative estimate of drug-likeness (QED) is 0.828. The lowest BCUT2D eigenvalue weighted by Crippen LogP contribution is -2.47. The van der Waals surface area contributed by atoms with Crippen molar-refractivity contribution >= 4 is 17.7 Å². The summed E-state index contributed by atoms with van der Waals surface area (Å²) in [6, 6.07) is 6.37. The van der Waals surface area contributed by atoms with Crippen LogP contribution in [0.2, 0.25) is 0 Å². The maximum atomic E-state index is 13.5. The first-order valence-corrected chi connectivity index (χ1v) is 7.41. The number of nitrogens with zero attached hydrogens (tertiary/aromatic N) is 2. The number of piperazine rings is 1. The van der Waals surface area contributed by atoms with E-state index in [1.165, 1.54) is 17.8 Å². The van der Waals surface area contributed by atoms with Crippen LogP contribution in [0.5, 0.6) is 0 Å². The van der Waals surface area contributed by atoms with Gasteiger partial charge in [0.1, 0.15) is 11.9 Å². The van der Waals surface area contributed by atoms with Gasteiger partial charge in [-0.2, -0.15) is 4.98 Å². The summed E-state index contributed by atoms with van der Waals surface area (Å²) >= 11 is 1.31. The molecule has 1 fully saturated rings. The number of carbonyl (C=O) groups excluding carboxylic acids is 1.